The zero-order chi connectivity index (χ0) is 11.5. The molecule has 0 bridgehead atoms. The summed E-state index contributed by atoms with van der Waals surface area (Å²) in [5.74, 6) is 0.527. The molecule has 3 heteroatoms. The highest BCUT2D eigenvalue weighted by atomic mass is 16.4. The Morgan fingerprint density at radius 3 is 2.62 bits per heavy atom. The van der Waals surface area contributed by atoms with Gasteiger partial charge >= 0.3 is 0 Å². The van der Waals surface area contributed by atoms with Crippen molar-refractivity contribution in [1.82, 2.24) is 0 Å². The lowest BCUT2D eigenvalue weighted by Gasteiger charge is -2.04. The van der Waals surface area contributed by atoms with Gasteiger partial charge in [0.1, 0.15) is 5.76 Å². The van der Waals surface area contributed by atoms with Crippen LogP contribution in [0.1, 0.15) is 17.1 Å². The molecule has 0 amide bonds. The maximum atomic E-state index is 11.3. The van der Waals surface area contributed by atoms with Crippen LogP contribution in [-0.2, 0) is 6.42 Å². The maximum absolute atomic E-state index is 11.3. The van der Waals surface area contributed by atoms with Gasteiger partial charge in [-0.3, -0.25) is 4.79 Å². The fraction of sp³-hybridized carbons (Fsp3) is 0.154. The molecule has 1 heterocycles. The molecule has 1 aromatic carbocycles. The first-order valence-corrected chi connectivity index (χ1v) is 5.03. The molecule has 1 aromatic heterocycles. The first-order chi connectivity index (χ1) is 7.66. The molecular weight excluding hydrogens is 204 g/mol. The molecule has 3 nitrogen and oxygen atoms in total. The fourth-order valence-corrected chi connectivity index (χ4v) is 1.56. The smallest absolute Gasteiger partial charge is 0.227 e. The molecule has 1 N–H and O–H groups in total. The second-order valence-electron chi connectivity index (χ2n) is 3.66. The lowest BCUT2D eigenvalue weighted by molar-refractivity contribution is 0.394. The summed E-state index contributed by atoms with van der Waals surface area (Å²) in [5, 5.41) is 9.58. The van der Waals surface area contributed by atoms with Gasteiger partial charge in [-0.2, -0.15) is 0 Å². The molecular formula is C13H12O3. The summed E-state index contributed by atoms with van der Waals surface area (Å²) in [6.45, 7) is 1.69. The van der Waals surface area contributed by atoms with Crippen LogP contribution >= 0.6 is 0 Å². The van der Waals surface area contributed by atoms with Crippen molar-refractivity contribution in [2.75, 3.05) is 0 Å². The molecule has 0 unspecified atom stereocenters. The van der Waals surface area contributed by atoms with E-state index in [4.69, 9.17) is 4.42 Å². The van der Waals surface area contributed by atoms with E-state index < -0.39 is 5.43 Å². The third kappa shape index (κ3) is 2.14. The Hall–Kier alpha value is -2.03. The Labute approximate surface area is 93.0 Å². The molecule has 0 aliphatic rings. The van der Waals surface area contributed by atoms with E-state index >= 15 is 0 Å². The molecule has 0 saturated heterocycles. The molecule has 0 spiro atoms. The largest absolute Gasteiger partial charge is 0.502 e. The van der Waals surface area contributed by atoms with Crippen LogP contribution in [0, 0.1) is 6.92 Å². The van der Waals surface area contributed by atoms with Gasteiger partial charge in [-0.05, 0) is 12.5 Å². The molecule has 82 valence electrons. The van der Waals surface area contributed by atoms with Crippen LogP contribution in [0.25, 0.3) is 0 Å². The predicted octanol–water partition coefficient (Wildman–Crippen LogP) is 2.24. The van der Waals surface area contributed by atoms with Gasteiger partial charge in [0, 0.05) is 12.5 Å². The quantitative estimate of drug-likeness (QED) is 0.837. The Bertz CT molecular complexity index is 541. The summed E-state index contributed by atoms with van der Waals surface area (Å²) in [5.41, 5.74) is 0.598. The van der Waals surface area contributed by atoms with Gasteiger partial charge in [-0.25, -0.2) is 0 Å². The SMILES string of the molecule is Cc1cc(=O)c(O)c(Cc2ccccc2)o1. The van der Waals surface area contributed by atoms with E-state index in [0.717, 1.165) is 5.56 Å². The molecule has 2 aromatic rings. The van der Waals surface area contributed by atoms with Gasteiger partial charge in [-0.15, -0.1) is 0 Å². The van der Waals surface area contributed by atoms with E-state index in [1.807, 2.05) is 30.3 Å². The molecule has 2 rings (SSSR count). The van der Waals surface area contributed by atoms with Crippen molar-refractivity contribution >= 4 is 0 Å². The van der Waals surface area contributed by atoms with Crippen molar-refractivity contribution < 1.29 is 9.52 Å². The van der Waals surface area contributed by atoms with Crippen molar-refractivity contribution in [2.24, 2.45) is 0 Å². The molecule has 16 heavy (non-hydrogen) atoms. The zero-order valence-corrected chi connectivity index (χ0v) is 8.93. The number of aromatic hydroxyl groups is 1. The molecule has 0 saturated carbocycles. The van der Waals surface area contributed by atoms with Gasteiger partial charge < -0.3 is 9.52 Å². The van der Waals surface area contributed by atoms with Crippen molar-refractivity contribution in [2.45, 2.75) is 13.3 Å². The Kier molecular flexibility index (Phi) is 2.77. The summed E-state index contributed by atoms with van der Waals surface area (Å²) in [6, 6.07) is 10.8. The van der Waals surface area contributed by atoms with Crippen LogP contribution in [-0.4, -0.2) is 5.11 Å². The lowest BCUT2D eigenvalue weighted by Crippen LogP contribution is -2.03. The monoisotopic (exact) mass is 216 g/mol. The van der Waals surface area contributed by atoms with E-state index in [1.54, 1.807) is 6.92 Å². The second-order valence-corrected chi connectivity index (χ2v) is 3.66. The highest BCUT2D eigenvalue weighted by Crippen LogP contribution is 2.17. The Morgan fingerprint density at radius 1 is 1.25 bits per heavy atom. The van der Waals surface area contributed by atoms with Crippen LogP contribution < -0.4 is 5.43 Å². The zero-order valence-electron chi connectivity index (χ0n) is 8.93. The van der Waals surface area contributed by atoms with Crippen LogP contribution in [0.4, 0.5) is 0 Å². The number of hydrogen-bond donors (Lipinski definition) is 1. The maximum Gasteiger partial charge on any atom is 0.227 e. The summed E-state index contributed by atoms with van der Waals surface area (Å²) in [7, 11) is 0. The predicted molar refractivity (Wildman–Crippen MR) is 60.6 cm³/mol. The van der Waals surface area contributed by atoms with E-state index in [-0.39, 0.29) is 5.75 Å². The average molecular weight is 216 g/mol. The highest BCUT2D eigenvalue weighted by Gasteiger charge is 2.09. The number of aryl methyl sites for hydroxylation is 1. The normalized spacial score (nSPS) is 10.3. The minimum Gasteiger partial charge on any atom is -0.502 e. The van der Waals surface area contributed by atoms with Crippen LogP contribution in [0.15, 0.2) is 45.6 Å². The summed E-state index contributed by atoms with van der Waals surface area (Å²) < 4.78 is 5.34. The first-order valence-electron chi connectivity index (χ1n) is 5.03. The third-order valence-electron chi connectivity index (χ3n) is 2.32. The summed E-state index contributed by atoms with van der Waals surface area (Å²) in [6.07, 6.45) is 0.420. The standard InChI is InChI=1S/C13H12O3/c1-9-7-11(14)13(15)12(16-9)8-10-5-3-2-4-6-10/h2-7,15H,8H2,1H3. The van der Waals surface area contributed by atoms with Gasteiger partial charge in [0.05, 0.1) is 0 Å². The van der Waals surface area contributed by atoms with Crippen LogP contribution in [0.5, 0.6) is 5.75 Å². The van der Waals surface area contributed by atoms with E-state index in [9.17, 15) is 9.90 Å². The van der Waals surface area contributed by atoms with Crippen molar-refractivity contribution in [3.8, 4) is 5.75 Å². The third-order valence-corrected chi connectivity index (χ3v) is 2.32. The van der Waals surface area contributed by atoms with E-state index in [2.05, 4.69) is 0 Å². The number of hydrogen-bond acceptors (Lipinski definition) is 3. The van der Waals surface area contributed by atoms with Crippen LogP contribution in [0.3, 0.4) is 0 Å². The summed E-state index contributed by atoms with van der Waals surface area (Å²) >= 11 is 0. The Balaban J connectivity index is 2.39. The first kappa shape index (κ1) is 10.5. The molecule has 0 fully saturated rings. The summed E-state index contributed by atoms with van der Waals surface area (Å²) in [4.78, 5) is 11.3. The van der Waals surface area contributed by atoms with Crippen molar-refractivity contribution in [3.05, 3.63) is 63.7 Å². The molecule has 0 radical (unpaired) electrons. The highest BCUT2D eigenvalue weighted by molar-refractivity contribution is 5.30. The van der Waals surface area contributed by atoms with E-state index in [0.29, 0.717) is 17.9 Å². The Morgan fingerprint density at radius 2 is 1.94 bits per heavy atom. The van der Waals surface area contributed by atoms with Gasteiger partial charge in [0.25, 0.3) is 0 Å². The fourth-order valence-electron chi connectivity index (χ4n) is 1.56. The molecule has 0 atom stereocenters. The topological polar surface area (TPSA) is 50.4 Å². The van der Waals surface area contributed by atoms with E-state index in [1.165, 1.54) is 6.07 Å². The average Bonchev–Trinajstić information content (AvgIpc) is 2.27. The second kappa shape index (κ2) is 4.23. The minimum absolute atomic E-state index is 0.297. The van der Waals surface area contributed by atoms with Gasteiger partial charge in [0.15, 0.2) is 5.76 Å². The minimum atomic E-state index is -0.394. The van der Waals surface area contributed by atoms with Crippen LogP contribution in [0.2, 0.25) is 0 Å². The number of benzene rings is 1. The lowest BCUT2D eigenvalue weighted by atomic mass is 10.1. The molecule has 0 aliphatic carbocycles. The number of rotatable bonds is 2. The van der Waals surface area contributed by atoms with Gasteiger partial charge in [-0.1, -0.05) is 30.3 Å². The van der Waals surface area contributed by atoms with Crippen molar-refractivity contribution in [1.29, 1.82) is 0 Å². The van der Waals surface area contributed by atoms with Gasteiger partial charge in [0.2, 0.25) is 11.2 Å². The molecule has 0 aliphatic heterocycles. The van der Waals surface area contributed by atoms with Crippen molar-refractivity contribution in [3.63, 3.8) is 0 Å².